The Morgan fingerprint density at radius 3 is 2.89 bits per heavy atom. The molecule has 0 saturated heterocycles. The van der Waals surface area contributed by atoms with E-state index in [0.717, 1.165) is 6.07 Å². The van der Waals surface area contributed by atoms with Crippen molar-refractivity contribution in [3.8, 4) is 0 Å². The van der Waals surface area contributed by atoms with Crippen LogP contribution in [0.3, 0.4) is 0 Å². The highest BCUT2D eigenvalue weighted by molar-refractivity contribution is 7.98. The van der Waals surface area contributed by atoms with Gasteiger partial charge in [0, 0.05) is 29.2 Å². The van der Waals surface area contributed by atoms with Gasteiger partial charge in [-0.1, -0.05) is 0 Å². The molecule has 1 aromatic heterocycles. The molecule has 0 aliphatic rings. The van der Waals surface area contributed by atoms with Crippen LogP contribution in [-0.4, -0.2) is 21.0 Å². The molecule has 0 unspecified atom stereocenters. The van der Waals surface area contributed by atoms with Crippen LogP contribution in [0.15, 0.2) is 41.7 Å². The van der Waals surface area contributed by atoms with Crippen molar-refractivity contribution < 1.29 is 14.3 Å². The molecule has 1 aromatic carbocycles. The van der Waals surface area contributed by atoms with Crippen LogP contribution in [0.2, 0.25) is 0 Å². The topological polar surface area (TPSA) is 63.1 Å². The van der Waals surface area contributed by atoms with Crippen LogP contribution in [0.5, 0.6) is 0 Å². The Kier molecular flexibility index (Phi) is 3.88. The molecule has 0 atom stereocenters. The summed E-state index contributed by atoms with van der Waals surface area (Å²) < 4.78 is 13.5. The highest BCUT2D eigenvalue weighted by atomic mass is 32.2. The Hall–Kier alpha value is -1.95. The average molecular weight is 264 g/mol. The highest BCUT2D eigenvalue weighted by Gasteiger charge is 2.09. The van der Waals surface area contributed by atoms with E-state index in [-0.39, 0.29) is 5.56 Å². The summed E-state index contributed by atoms with van der Waals surface area (Å²) in [5.41, 5.74) is 0.778. The van der Waals surface area contributed by atoms with Gasteiger partial charge in [0.05, 0.1) is 11.3 Å². The smallest absolute Gasteiger partial charge is 0.335 e. The Morgan fingerprint density at radius 1 is 1.39 bits per heavy atom. The number of carboxylic acids is 1. The Labute approximate surface area is 107 Å². The first kappa shape index (κ1) is 12.5. The fourth-order valence-electron chi connectivity index (χ4n) is 1.30. The standard InChI is InChI=1S/C12H9FN2O2S/c13-10-2-1-8(12(16)17)5-11(10)18-7-9-6-14-3-4-15-9/h1-6H,7H2,(H,16,17). The van der Waals surface area contributed by atoms with E-state index in [9.17, 15) is 9.18 Å². The minimum Gasteiger partial charge on any atom is -0.478 e. The van der Waals surface area contributed by atoms with Gasteiger partial charge < -0.3 is 5.11 Å². The number of hydrogen-bond donors (Lipinski definition) is 1. The Bertz CT molecular complexity index is 563. The number of aromatic nitrogens is 2. The summed E-state index contributed by atoms with van der Waals surface area (Å²) in [6.45, 7) is 0. The zero-order chi connectivity index (χ0) is 13.0. The lowest BCUT2D eigenvalue weighted by Gasteiger charge is -2.04. The maximum Gasteiger partial charge on any atom is 0.335 e. The molecule has 1 N–H and O–H groups in total. The minimum absolute atomic E-state index is 0.0676. The van der Waals surface area contributed by atoms with Gasteiger partial charge >= 0.3 is 5.97 Å². The zero-order valence-corrected chi connectivity index (χ0v) is 10.0. The average Bonchev–Trinajstić information content (AvgIpc) is 2.38. The number of rotatable bonds is 4. The molecule has 0 fully saturated rings. The van der Waals surface area contributed by atoms with Crippen LogP contribution < -0.4 is 0 Å². The van der Waals surface area contributed by atoms with E-state index in [4.69, 9.17) is 5.11 Å². The summed E-state index contributed by atoms with van der Waals surface area (Å²) >= 11 is 1.19. The number of hydrogen-bond acceptors (Lipinski definition) is 4. The maximum absolute atomic E-state index is 13.5. The summed E-state index contributed by atoms with van der Waals surface area (Å²) in [5, 5.41) is 8.83. The van der Waals surface area contributed by atoms with Gasteiger partial charge in [-0.05, 0) is 18.2 Å². The molecule has 0 radical (unpaired) electrons. The molecule has 92 valence electrons. The normalized spacial score (nSPS) is 10.3. The van der Waals surface area contributed by atoms with E-state index < -0.39 is 11.8 Å². The van der Waals surface area contributed by atoms with E-state index in [1.165, 1.54) is 23.9 Å². The highest BCUT2D eigenvalue weighted by Crippen LogP contribution is 2.25. The number of carboxylic acid groups (broad SMARTS) is 1. The molecule has 0 saturated carbocycles. The van der Waals surface area contributed by atoms with Gasteiger partial charge in [0.2, 0.25) is 0 Å². The predicted octanol–water partition coefficient (Wildman–Crippen LogP) is 2.61. The molecule has 0 spiro atoms. The number of carbonyl (C=O) groups is 1. The van der Waals surface area contributed by atoms with Gasteiger partial charge in [-0.3, -0.25) is 9.97 Å². The Morgan fingerprint density at radius 2 is 2.22 bits per heavy atom. The zero-order valence-electron chi connectivity index (χ0n) is 9.21. The summed E-state index contributed by atoms with van der Waals surface area (Å²) in [5.74, 6) is -1.07. The van der Waals surface area contributed by atoms with Crippen LogP contribution in [0.1, 0.15) is 16.1 Å². The second-order valence-corrected chi connectivity index (χ2v) is 4.45. The molecule has 2 rings (SSSR count). The van der Waals surface area contributed by atoms with E-state index in [1.807, 2.05) is 0 Å². The predicted molar refractivity (Wildman–Crippen MR) is 65.0 cm³/mol. The van der Waals surface area contributed by atoms with E-state index >= 15 is 0 Å². The van der Waals surface area contributed by atoms with Crippen molar-refractivity contribution in [1.29, 1.82) is 0 Å². The van der Waals surface area contributed by atoms with Crippen molar-refractivity contribution in [3.63, 3.8) is 0 Å². The van der Waals surface area contributed by atoms with Crippen molar-refractivity contribution in [2.75, 3.05) is 0 Å². The lowest BCUT2D eigenvalue weighted by atomic mass is 10.2. The van der Waals surface area contributed by atoms with Gasteiger partial charge in [-0.2, -0.15) is 0 Å². The van der Waals surface area contributed by atoms with Gasteiger partial charge in [0.15, 0.2) is 0 Å². The first-order valence-corrected chi connectivity index (χ1v) is 6.06. The van der Waals surface area contributed by atoms with Gasteiger partial charge in [-0.25, -0.2) is 9.18 Å². The largest absolute Gasteiger partial charge is 0.478 e. The summed E-state index contributed by atoms with van der Waals surface area (Å²) in [6, 6.07) is 3.71. The van der Waals surface area contributed by atoms with Crippen LogP contribution >= 0.6 is 11.8 Å². The molecule has 0 aliphatic heterocycles. The first-order chi connectivity index (χ1) is 8.66. The minimum atomic E-state index is -1.07. The van der Waals surface area contributed by atoms with Crippen molar-refractivity contribution in [3.05, 3.63) is 53.9 Å². The number of aromatic carboxylic acids is 1. The van der Waals surface area contributed by atoms with Gasteiger partial charge in [0.25, 0.3) is 0 Å². The molecule has 6 heteroatoms. The second kappa shape index (κ2) is 5.59. The number of benzene rings is 1. The van der Waals surface area contributed by atoms with Crippen LogP contribution in [0, 0.1) is 5.82 Å². The summed E-state index contributed by atoms with van der Waals surface area (Å²) in [7, 11) is 0. The third-order valence-electron chi connectivity index (χ3n) is 2.17. The van der Waals surface area contributed by atoms with Crippen molar-refractivity contribution in [2.24, 2.45) is 0 Å². The summed E-state index contributed by atoms with van der Waals surface area (Å²) in [4.78, 5) is 19.0. The van der Waals surface area contributed by atoms with E-state index in [0.29, 0.717) is 16.3 Å². The van der Waals surface area contributed by atoms with Gasteiger partial charge in [-0.15, -0.1) is 11.8 Å². The Balaban J connectivity index is 2.14. The lowest BCUT2D eigenvalue weighted by Crippen LogP contribution is -1.97. The fraction of sp³-hybridized carbons (Fsp3) is 0.0833. The third kappa shape index (κ3) is 3.04. The molecule has 4 nitrogen and oxygen atoms in total. The second-order valence-electron chi connectivity index (χ2n) is 3.44. The third-order valence-corrected chi connectivity index (χ3v) is 3.23. The molecule has 18 heavy (non-hydrogen) atoms. The van der Waals surface area contributed by atoms with Crippen molar-refractivity contribution in [1.82, 2.24) is 9.97 Å². The molecule has 2 aromatic rings. The molecule has 0 aliphatic carbocycles. The molecule has 0 amide bonds. The van der Waals surface area contributed by atoms with Crippen molar-refractivity contribution >= 4 is 17.7 Å². The van der Waals surface area contributed by atoms with Gasteiger partial charge in [0.1, 0.15) is 5.82 Å². The number of halogens is 1. The van der Waals surface area contributed by atoms with E-state index in [2.05, 4.69) is 9.97 Å². The first-order valence-electron chi connectivity index (χ1n) is 5.07. The van der Waals surface area contributed by atoms with E-state index in [1.54, 1.807) is 18.6 Å². The van der Waals surface area contributed by atoms with Crippen LogP contribution in [-0.2, 0) is 5.75 Å². The van der Waals surface area contributed by atoms with Crippen molar-refractivity contribution in [2.45, 2.75) is 10.6 Å². The lowest BCUT2D eigenvalue weighted by molar-refractivity contribution is 0.0696. The van der Waals surface area contributed by atoms with Crippen LogP contribution in [0.4, 0.5) is 4.39 Å². The fourth-order valence-corrected chi connectivity index (χ4v) is 2.17. The number of nitrogens with zero attached hydrogens (tertiary/aromatic N) is 2. The molecule has 0 bridgehead atoms. The quantitative estimate of drug-likeness (QED) is 0.860. The molecule has 1 heterocycles. The number of thioether (sulfide) groups is 1. The SMILES string of the molecule is O=C(O)c1ccc(F)c(SCc2cnccn2)c1. The monoisotopic (exact) mass is 264 g/mol. The summed E-state index contributed by atoms with van der Waals surface area (Å²) in [6.07, 6.45) is 4.70. The van der Waals surface area contributed by atoms with Crippen LogP contribution in [0.25, 0.3) is 0 Å². The molecular weight excluding hydrogens is 255 g/mol. The molecular formula is C12H9FN2O2S. The maximum atomic E-state index is 13.5.